The molecule has 2 aromatic rings. The number of rotatable bonds is 5. The van der Waals surface area contributed by atoms with E-state index >= 15 is 0 Å². The molecular formula is C17H16F3NO4. The van der Waals surface area contributed by atoms with E-state index in [2.05, 4.69) is 0 Å². The highest BCUT2D eigenvalue weighted by Crippen LogP contribution is 2.34. The largest absolute Gasteiger partial charge is 0.506 e. The van der Waals surface area contributed by atoms with Crippen LogP contribution in [0.2, 0.25) is 0 Å². The highest BCUT2D eigenvalue weighted by molar-refractivity contribution is 5.93. The molecule has 0 aliphatic rings. The maximum absolute atomic E-state index is 12.9. The lowest BCUT2D eigenvalue weighted by atomic mass is 10.0. The molecular weight excluding hydrogens is 339 g/mol. The van der Waals surface area contributed by atoms with Gasteiger partial charge < -0.3 is 14.8 Å². The number of carbonyl (C=O) groups is 1. The molecule has 8 heteroatoms. The predicted molar refractivity (Wildman–Crippen MR) is 84.7 cm³/mol. The third-order valence-corrected chi connectivity index (χ3v) is 3.71. The fourth-order valence-electron chi connectivity index (χ4n) is 2.42. The summed E-state index contributed by atoms with van der Waals surface area (Å²) in [5.41, 5.74) is -2.92. The van der Waals surface area contributed by atoms with Crippen LogP contribution in [0.4, 0.5) is 13.2 Å². The van der Waals surface area contributed by atoms with Gasteiger partial charge in [0.1, 0.15) is 11.3 Å². The summed E-state index contributed by atoms with van der Waals surface area (Å²) in [6.45, 7) is 2.07. The Balaban J connectivity index is 2.74. The maximum Gasteiger partial charge on any atom is 0.416 e. The first-order valence-electron chi connectivity index (χ1n) is 7.54. The van der Waals surface area contributed by atoms with Crippen LogP contribution in [0.3, 0.4) is 0 Å². The van der Waals surface area contributed by atoms with E-state index in [1.54, 1.807) is 0 Å². The Hall–Kier alpha value is -2.77. The highest BCUT2D eigenvalue weighted by Gasteiger charge is 2.31. The number of alkyl halides is 3. The molecule has 134 valence electrons. The number of carboxylic acid groups (broad SMARTS) is 1. The number of hydrogen-bond donors (Lipinski definition) is 2. The average Bonchev–Trinajstić information content (AvgIpc) is 2.53. The number of benzene rings is 1. The van der Waals surface area contributed by atoms with Crippen molar-refractivity contribution in [2.75, 3.05) is 0 Å². The minimum absolute atomic E-state index is 0.189. The molecule has 2 rings (SSSR count). The van der Waals surface area contributed by atoms with Gasteiger partial charge >= 0.3 is 12.1 Å². The number of pyridine rings is 1. The van der Waals surface area contributed by atoms with E-state index in [-0.39, 0.29) is 12.1 Å². The number of nitrogens with zero attached hydrogens (tertiary/aromatic N) is 1. The number of halogens is 3. The first kappa shape index (κ1) is 18.6. The molecule has 2 N–H and O–H groups in total. The van der Waals surface area contributed by atoms with Crippen LogP contribution in [-0.4, -0.2) is 20.7 Å². The molecule has 0 bridgehead atoms. The van der Waals surface area contributed by atoms with Gasteiger partial charge in [-0.2, -0.15) is 13.2 Å². The number of aromatic hydroxyl groups is 1. The van der Waals surface area contributed by atoms with Crippen LogP contribution in [0.25, 0.3) is 11.1 Å². The Morgan fingerprint density at radius 1 is 1.28 bits per heavy atom. The van der Waals surface area contributed by atoms with E-state index in [0.717, 1.165) is 29.3 Å². The summed E-state index contributed by atoms with van der Waals surface area (Å²) in [7, 11) is 0. The fraction of sp³-hybridized carbons (Fsp3) is 0.294. The second-order valence-electron chi connectivity index (χ2n) is 5.50. The van der Waals surface area contributed by atoms with Gasteiger partial charge in [-0.15, -0.1) is 0 Å². The molecule has 0 aliphatic carbocycles. The van der Waals surface area contributed by atoms with Crippen LogP contribution in [0.5, 0.6) is 5.75 Å². The molecule has 0 saturated carbocycles. The minimum atomic E-state index is -4.63. The standard InChI is InChI=1S/C17H16F3NO4/c1-2-3-7-21-9-12(16(24)25)14(22)13(15(21)23)10-5-4-6-11(8-10)17(18,19)20/h4-6,8-9,22H,2-3,7H2,1H3,(H,24,25). The first-order valence-corrected chi connectivity index (χ1v) is 7.54. The Bertz CT molecular complexity index is 856. The van der Waals surface area contributed by atoms with Crippen molar-refractivity contribution in [1.82, 2.24) is 4.57 Å². The van der Waals surface area contributed by atoms with Crippen LogP contribution < -0.4 is 5.56 Å². The summed E-state index contributed by atoms with van der Waals surface area (Å²) in [5, 5.41) is 19.4. The number of aromatic nitrogens is 1. The zero-order valence-corrected chi connectivity index (χ0v) is 13.3. The topological polar surface area (TPSA) is 79.5 Å². The van der Waals surface area contributed by atoms with Gasteiger partial charge in [-0.1, -0.05) is 25.5 Å². The second kappa shape index (κ2) is 7.00. The zero-order valence-electron chi connectivity index (χ0n) is 13.3. The van der Waals surface area contributed by atoms with Gasteiger partial charge in [0, 0.05) is 12.7 Å². The molecule has 0 unspecified atom stereocenters. The summed E-state index contributed by atoms with van der Waals surface area (Å²) in [6.07, 6.45) is -2.32. The third kappa shape index (κ3) is 3.84. The predicted octanol–water partition coefficient (Wildman–Crippen LogP) is 3.74. The van der Waals surface area contributed by atoms with Crippen molar-refractivity contribution in [2.24, 2.45) is 0 Å². The van der Waals surface area contributed by atoms with Gasteiger partial charge in [0.25, 0.3) is 5.56 Å². The van der Waals surface area contributed by atoms with Crippen LogP contribution in [-0.2, 0) is 12.7 Å². The van der Waals surface area contributed by atoms with Crippen molar-refractivity contribution in [3.05, 3.63) is 51.9 Å². The van der Waals surface area contributed by atoms with E-state index in [9.17, 15) is 33.0 Å². The normalized spacial score (nSPS) is 11.5. The minimum Gasteiger partial charge on any atom is -0.506 e. The van der Waals surface area contributed by atoms with Crippen molar-refractivity contribution in [2.45, 2.75) is 32.5 Å². The quantitative estimate of drug-likeness (QED) is 0.856. The molecule has 0 atom stereocenters. The Labute approximate surface area is 141 Å². The smallest absolute Gasteiger partial charge is 0.416 e. The lowest BCUT2D eigenvalue weighted by Crippen LogP contribution is -2.23. The van der Waals surface area contributed by atoms with Gasteiger partial charge in [-0.25, -0.2) is 4.79 Å². The summed E-state index contributed by atoms with van der Waals surface area (Å²) in [6, 6.07) is 3.87. The summed E-state index contributed by atoms with van der Waals surface area (Å²) in [5.74, 6) is -2.32. The number of aromatic carboxylic acids is 1. The molecule has 1 aromatic heterocycles. The number of carboxylic acids is 1. The van der Waals surface area contributed by atoms with E-state index in [1.165, 1.54) is 6.07 Å². The van der Waals surface area contributed by atoms with Crippen molar-refractivity contribution in [1.29, 1.82) is 0 Å². The van der Waals surface area contributed by atoms with Crippen LogP contribution in [0, 0.1) is 0 Å². The van der Waals surface area contributed by atoms with E-state index in [1.807, 2.05) is 6.92 Å². The van der Waals surface area contributed by atoms with Crippen molar-refractivity contribution in [3.8, 4) is 16.9 Å². The molecule has 0 amide bonds. The van der Waals surface area contributed by atoms with E-state index < -0.39 is 40.1 Å². The van der Waals surface area contributed by atoms with Gasteiger partial charge in [0.05, 0.1) is 11.1 Å². The third-order valence-electron chi connectivity index (χ3n) is 3.71. The van der Waals surface area contributed by atoms with Crippen molar-refractivity contribution >= 4 is 5.97 Å². The second-order valence-corrected chi connectivity index (χ2v) is 5.50. The Morgan fingerprint density at radius 3 is 2.52 bits per heavy atom. The zero-order chi connectivity index (χ0) is 18.8. The lowest BCUT2D eigenvalue weighted by molar-refractivity contribution is -0.137. The SMILES string of the molecule is CCCCn1cc(C(=O)O)c(O)c(-c2cccc(C(F)(F)F)c2)c1=O. The Kier molecular flexibility index (Phi) is 5.20. The van der Waals surface area contributed by atoms with Crippen LogP contribution >= 0.6 is 0 Å². The lowest BCUT2D eigenvalue weighted by Gasteiger charge is -2.14. The van der Waals surface area contributed by atoms with Crippen molar-refractivity contribution < 1.29 is 28.2 Å². The molecule has 0 fully saturated rings. The van der Waals surface area contributed by atoms with Crippen molar-refractivity contribution in [3.63, 3.8) is 0 Å². The molecule has 1 aromatic carbocycles. The summed E-state index contributed by atoms with van der Waals surface area (Å²) >= 11 is 0. The molecule has 0 radical (unpaired) electrons. The van der Waals surface area contributed by atoms with Crippen LogP contribution in [0.1, 0.15) is 35.7 Å². The monoisotopic (exact) mass is 355 g/mol. The van der Waals surface area contributed by atoms with E-state index in [4.69, 9.17) is 0 Å². The number of aryl methyl sites for hydroxylation is 1. The van der Waals surface area contributed by atoms with Gasteiger partial charge in [-0.3, -0.25) is 4.79 Å². The Morgan fingerprint density at radius 2 is 1.96 bits per heavy atom. The molecule has 0 spiro atoms. The first-order chi connectivity index (χ1) is 11.7. The number of hydrogen-bond acceptors (Lipinski definition) is 3. The molecule has 25 heavy (non-hydrogen) atoms. The molecule has 0 aliphatic heterocycles. The average molecular weight is 355 g/mol. The van der Waals surface area contributed by atoms with Gasteiger partial charge in [0.2, 0.25) is 0 Å². The molecule has 0 saturated heterocycles. The van der Waals surface area contributed by atoms with Gasteiger partial charge in [0.15, 0.2) is 0 Å². The van der Waals surface area contributed by atoms with Gasteiger partial charge in [-0.05, 0) is 24.1 Å². The maximum atomic E-state index is 12.9. The summed E-state index contributed by atoms with van der Waals surface area (Å²) < 4.78 is 39.8. The fourth-order valence-corrected chi connectivity index (χ4v) is 2.42. The number of unbranched alkanes of at least 4 members (excludes halogenated alkanes) is 1. The van der Waals surface area contributed by atoms with Crippen LogP contribution in [0.15, 0.2) is 35.3 Å². The summed E-state index contributed by atoms with van der Waals surface area (Å²) in [4.78, 5) is 23.9. The van der Waals surface area contributed by atoms with E-state index in [0.29, 0.717) is 12.5 Å². The molecule has 5 nitrogen and oxygen atoms in total. The molecule has 1 heterocycles. The highest BCUT2D eigenvalue weighted by atomic mass is 19.4.